The lowest BCUT2D eigenvalue weighted by atomic mass is 9.85. The molecule has 0 saturated heterocycles. The monoisotopic (exact) mass is 288 g/mol. The first-order valence-corrected chi connectivity index (χ1v) is 7.12. The van der Waals surface area contributed by atoms with Crippen LogP contribution in [0, 0.1) is 5.41 Å². The van der Waals surface area contributed by atoms with Crippen molar-refractivity contribution in [1.82, 2.24) is 9.61 Å². The van der Waals surface area contributed by atoms with Crippen molar-refractivity contribution in [3.63, 3.8) is 0 Å². The van der Waals surface area contributed by atoms with Gasteiger partial charge >= 0.3 is 0 Å². The Morgan fingerprint density at radius 2 is 2.29 bits per heavy atom. The maximum atomic E-state index is 11.7. The number of aliphatic hydroxyl groups excluding tert-OH is 1. The summed E-state index contributed by atoms with van der Waals surface area (Å²) in [6, 6.07) is 3.83. The van der Waals surface area contributed by atoms with Crippen LogP contribution in [0.3, 0.4) is 0 Å². The van der Waals surface area contributed by atoms with Crippen LogP contribution in [-0.2, 0) is 0 Å². The third-order valence-electron chi connectivity index (χ3n) is 4.63. The Kier molecular flexibility index (Phi) is 3.13. The van der Waals surface area contributed by atoms with E-state index in [4.69, 9.17) is 5.73 Å². The minimum atomic E-state index is -0.509. The number of fused-ring (bicyclic) bond motifs is 1. The number of hydrogen-bond acceptors (Lipinski definition) is 4. The first-order chi connectivity index (χ1) is 9.91. The summed E-state index contributed by atoms with van der Waals surface area (Å²) >= 11 is 0. The molecule has 0 aromatic carbocycles. The molecule has 2 aromatic heterocycles. The molecule has 2 atom stereocenters. The van der Waals surface area contributed by atoms with E-state index in [0.717, 1.165) is 18.4 Å². The van der Waals surface area contributed by atoms with Gasteiger partial charge in [0.05, 0.1) is 29.1 Å². The second-order valence-electron chi connectivity index (χ2n) is 6.25. The van der Waals surface area contributed by atoms with Crippen LogP contribution in [0.25, 0.3) is 5.52 Å². The SMILES string of the molecule is CC1(C)[C@H](O)CC[C@H]1Nc1c(C(N)=O)cnn2cccc12. The van der Waals surface area contributed by atoms with Crippen molar-refractivity contribution in [2.24, 2.45) is 11.1 Å². The van der Waals surface area contributed by atoms with E-state index in [1.165, 1.54) is 6.20 Å². The van der Waals surface area contributed by atoms with Crippen LogP contribution in [-0.4, -0.2) is 32.8 Å². The fourth-order valence-electron chi connectivity index (χ4n) is 3.07. The fraction of sp³-hybridized carbons (Fsp3) is 0.467. The van der Waals surface area contributed by atoms with Gasteiger partial charge in [-0.25, -0.2) is 4.52 Å². The molecule has 1 amide bonds. The van der Waals surface area contributed by atoms with Crippen LogP contribution in [0.2, 0.25) is 0 Å². The highest BCUT2D eigenvalue weighted by Gasteiger charge is 2.42. The molecule has 2 aromatic rings. The summed E-state index contributed by atoms with van der Waals surface area (Å²) in [7, 11) is 0. The Hall–Kier alpha value is -2.08. The molecule has 1 aliphatic carbocycles. The number of nitrogens with two attached hydrogens (primary N) is 1. The molecule has 1 fully saturated rings. The highest BCUT2D eigenvalue weighted by Crippen LogP contribution is 2.40. The lowest BCUT2D eigenvalue weighted by Crippen LogP contribution is -2.38. The Bertz CT molecular complexity index is 692. The van der Waals surface area contributed by atoms with Crippen molar-refractivity contribution in [2.75, 3.05) is 5.32 Å². The van der Waals surface area contributed by atoms with Crippen molar-refractivity contribution < 1.29 is 9.90 Å². The predicted molar refractivity (Wildman–Crippen MR) is 80.1 cm³/mol. The molecule has 2 heterocycles. The maximum absolute atomic E-state index is 11.7. The third-order valence-corrected chi connectivity index (χ3v) is 4.63. The molecule has 6 heteroatoms. The number of amides is 1. The average molecular weight is 288 g/mol. The van der Waals surface area contributed by atoms with Crippen LogP contribution in [0.4, 0.5) is 5.69 Å². The van der Waals surface area contributed by atoms with Gasteiger partial charge in [-0.2, -0.15) is 5.10 Å². The number of primary amides is 1. The van der Waals surface area contributed by atoms with Crippen molar-refractivity contribution >= 4 is 17.1 Å². The van der Waals surface area contributed by atoms with Gasteiger partial charge in [0.2, 0.25) is 0 Å². The molecule has 0 bridgehead atoms. The minimum Gasteiger partial charge on any atom is -0.392 e. The zero-order valence-electron chi connectivity index (χ0n) is 12.2. The Labute approximate surface area is 122 Å². The standard InChI is InChI=1S/C15H20N4O2/c1-15(2)11(5-6-12(15)20)18-13-9(14(16)21)8-17-19-7-3-4-10(13)19/h3-4,7-8,11-12,18,20H,5-6H2,1-2H3,(H2,16,21)/t11-,12-/m1/s1. The van der Waals surface area contributed by atoms with E-state index < -0.39 is 5.91 Å². The smallest absolute Gasteiger partial charge is 0.252 e. The van der Waals surface area contributed by atoms with E-state index >= 15 is 0 Å². The van der Waals surface area contributed by atoms with Crippen LogP contribution in [0.5, 0.6) is 0 Å². The van der Waals surface area contributed by atoms with E-state index in [2.05, 4.69) is 10.4 Å². The molecular formula is C15H20N4O2. The van der Waals surface area contributed by atoms with Crippen LogP contribution >= 0.6 is 0 Å². The number of rotatable bonds is 3. The average Bonchev–Trinajstić information content (AvgIpc) is 2.98. The molecule has 1 saturated carbocycles. The molecule has 6 nitrogen and oxygen atoms in total. The van der Waals surface area contributed by atoms with Gasteiger partial charge < -0.3 is 16.2 Å². The van der Waals surface area contributed by atoms with Gasteiger partial charge in [0, 0.05) is 17.7 Å². The number of nitrogens with one attached hydrogen (secondary N) is 1. The van der Waals surface area contributed by atoms with Crippen LogP contribution < -0.4 is 11.1 Å². The maximum Gasteiger partial charge on any atom is 0.252 e. The third kappa shape index (κ3) is 2.15. The summed E-state index contributed by atoms with van der Waals surface area (Å²) in [6.45, 7) is 4.06. The number of aliphatic hydroxyl groups is 1. The number of aromatic nitrogens is 2. The molecular weight excluding hydrogens is 268 g/mol. The van der Waals surface area contributed by atoms with Gasteiger partial charge in [-0.1, -0.05) is 13.8 Å². The quantitative estimate of drug-likeness (QED) is 0.796. The molecule has 1 aliphatic rings. The molecule has 4 N–H and O–H groups in total. The molecule has 0 radical (unpaired) electrons. The summed E-state index contributed by atoms with van der Waals surface area (Å²) in [5, 5.41) is 17.7. The second kappa shape index (κ2) is 4.73. The summed E-state index contributed by atoms with van der Waals surface area (Å²) in [5.74, 6) is -0.509. The number of hydrogen-bond donors (Lipinski definition) is 3. The van der Waals surface area contributed by atoms with Crippen molar-refractivity contribution in [1.29, 1.82) is 0 Å². The number of carbonyl (C=O) groups excluding carboxylic acids is 1. The molecule has 3 rings (SSSR count). The van der Waals surface area contributed by atoms with Gasteiger partial charge in [0.15, 0.2) is 0 Å². The number of anilines is 1. The van der Waals surface area contributed by atoms with Gasteiger partial charge in [-0.3, -0.25) is 4.79 Å². The summed E-state index contributed by atoms with van der Waals surface area (Å²) < 4.78 is 1.70. The van der Waals surface area contributed by atoms with Gasteiger partial charge in [0.1, 0.15) is 0 Å². The fourth-order valence-corrected chi connectivity index (χ4v) is 3.07. The van der Waals surface area contributed by atoms with Crippen molar-refractivity contribution in [3.8, 4) is 0 Å². The van der Waals surface area contributed by atoms with Crippen LogP contribution in [0.15, 0.2) is 24.5 Å². The zero-order valence-corrected chi connectivity index (χ0v) is 12.2. The zero-order chi connectivity index (χ0) is 15.2. The predicted octanol–water partition coefficient (Wildman–Crippen LogP) is 1.39. The second-order valence-corrected chi connectivity index (χ2v) is 6.25. The molecule has 0 spiro atoms. The van der Waals surface area contributed by atoms with E-state index in [9.17, 15) is 9.90 Å². The highest BCUT2D eigenvalue weighted by molar-refractivity contribution is 6.01. The Morgan fingerprint density at radius 3 is 2.90 bits per heavy atom. The minimum absolute atomic E-state index is 0.0756. The van der Waals surface area contributed by atoms with Gasteiger partial charge in [-0.15, -0.1) is 0 Å². The summed E-state index contributed by atoms with van der Waals surface area (Å²) in [6.07, 6.45) is 4.55. The van der Waals surface area contributed by atoms with Crippen LogP contribution in [0.1, 0.15) is 37.0 Å². The number of carbonyl (C=O) groups is 1. The first-order valence-electron chi connectivity index (χ1n) is 7.12. The molecule has 21 heavy (non-hydrogen) atoms. The van der Waals surface area contributed by atoms with Crippen molar-refractivity contribution in [3.05, 3.63) is 30.1 Å². The van der Waals surface area contributed by atoms with Gasteiger partial charge in [-0.05, 0) is 25.0 Å². The van der Waals surface area contributed by atoms with Crippen molar-refractivity contribution in [2.45, 2.75) is 38.8 Å². The number of nitrogens with zero attached hydrogens (tertiary/aromatic N) is 2. The normalized spacial score (nSPS) is 24.3. The van der Waals surface area contributed by atoms with E-state index in [0.29, 0.717) is 11.3 Å². The van der Waals surface area contributed by atoms with E-state index in [1.807, 2.05) is 32.2 Å². The Balaban J connectivity index is 2.05. The molecule has 0 unspecified atom stereocenters. The highest BCUT2D eigenvalue weighted by atomic mass is 16.3. The molecule has 0 aliphatic heterocycles. The summed E-state index contributed by atoms with van der Waals surface area (Å²) in [5.41, 5.74) is 7.08. The van der Waals surface area contributed by atoms with Gasteiger partial charge in [0.25, 0.3) is 5.91 Å². The van der Waals surface area contributed by atoms with E-state index in [-0.39, 0.29) is 17.6 Å². The first kappa shape index (κ1) is 13.9. The molecule has 112 valence electrons. The largest absolute Gasteiger partial charge is 0.392 e. The lowest BCUT2D eigenvalue weighted by Gasteiger charge is -2.32. The van der Waals surface area contributed by atoms with E-state index in [1.54, 1.807) is 4.52 Å². The lowest BCUT2D eigenvalue weighted by molar-refractivity contribution is 0.0748. The Morgan fingerprint density at radius 1 is 1.52 bits per heavy atom. The topological polar surface area (TPSA) is 92.6 Å². The summed E-state index contributed by atoms with van der Waals surface area (Å²) in [4.78, 5) is 11.7.